The SMILES string of the molecule is CS(=O)(=O)NC1CCCN(C(=O)c2ccc(Cn3ccccc3=O)o2)C1. The molecule has 26 heavy (non-hydrogen) atoms. The molecule has 0 aliphatic carbocycles. The number of nitrogens with zero attached hydrogens (tertiary/aromatic N) is 2. The minimum Gasteiger partial charge on any atom is -0.454 e. The fraction of sp³-hybridized carbons (Fsp3) is 0.412. The predicted molar refractivity (Wildman–Crippen MR) is 95.4 cm³/mol. The zero-order valence-electron chi connectivity index (χ0n) is 14.4. The van der Waals surface area contributed by atoms with Gasteiger partial charge in [-0.2, -0.15) is 0 Å². The zero-order chi connectivity index (χ0) is 18.7. The molecule has 0 saturated carbocycles. The van der Waals surface area contributed by atoms with Crippen LogP contribution in [0.4, 0.5) is 0 Å². The van der Waals surface area contributed by atoms with E-state index in [1.54, 1.807) is 35.4 Å². The van der Waals surface area contributed by atoms with Crippen molar-refractivity contribution in [3.8, 4) is 0 Å². The van der Waals surface area contributed by atoms with Crippen molar-refractivity contribution in [1.82, 2.24) is 14.2 Å². The maximum atomic E-state index is 12.6. The number of rotatable bonds is 5. The minimum absolute atomic E-state index is 0.150. The summed E-state index contributed by atoms with van der Waals surface area (Å²) >= 11 is 0. The Balaban J connectivity index is 1.68. The molecule has 1 fully saturated rings. The third-order valence-electron chi connectivity index (χ3n) is 4.19. The average molecular weight is 379 g/mol. The lowest BCUT2D eigenvalue weighted by Crippen LogP contribution is -2.49. The molecule has 8 nitrogen and oxygen atoms in total. The second-order valence-corrected chi connectivity index (χ2v) is 8.19. The van der Waals surface area contributed by atoms with Crippen molar-refractivity contribution in [2.24, 2.45) is 0 Å². The fourth-order valence-electron chi connectivity index (χ4n) is 3.05. The summed E-state index contributed by atoms with van der Waals surface area (Å²) in [4.78, 5) is 26.0. The molecule has 1 aliphatic heterocycles. The number of amides is 1. The first-order valence-corrected chi connectivity index (χ1v) is 10.2. The molecule has 0 aromatic carbocycles. The Morgan fingerprint density at radius 2 is 2.12 bits per heavy atom. The van der Waals surface area contributed by atoms with Crippen molar-refractivity contribution in [2.75, 3.05) is 19.3 Å². The van der Waals surface area contributed by atoms with E-state index in [4.69, 9.17) is 4.42 Å². The van der Waals surface area contributed by atoms with Crippen molar-refractivity contribution >= 4 is 15.9 Å². The van der Waals surface area contributed by atoms with Crippen LogP contribution >= 0.6 is 0 Å². The number of hydrogen-bond acceptors (Lipinski definition) is 5. The van der Waals surface area contributed by atoms with E-state index < -0.39 is 10.0 Å². The molecular weight excluding hydrogens is 358 g/mol. The Morgan fingerprint density at radius 1 is 1.31 bits per heavy atom. The van der Waals surface area contributed by atoms with Gasteiger partial charge in [0.25, 0.3) is 11.5 Å². The van der Waals surface area contributed by atoms with Gasteiger partial charge in [-0.25, -0.2) is 13.1 Å². The number of pyridine rings is 1. The van der Waals surface area contributed by atoms with Crippen molar-refractivity contribution < 1.29 is 17.6 Å². The summed E-state index contributed by atoms with van der Waals surface area (Å²) in [5.74, 6) is 0.408. The monoisotopic (exact) mass is 379 g/mol. The van der Waals surface area contributed by atoms with Gasteiger partial charge in [-0.3, -0.25) is 9.59 Å². The van der Waals surface area contributed by atoms with E-state index in [1.165, 1.54) is 10.6 Å². The topological polar surface area (TPSA) is 102 Å². The number of carbonyl (C=O) groups excluding carboxylic acids is 1. The van der Waals surface area contributed by atoms with Crippen LogP contribution in [0.3, 0.4) is 0 Å². The van der Waals surface area contributed by atoms with E-state index in [2.05, 4.69) is 4.72 Å². The van der Waals surface area contributed by atoms with E-state index >= 15 is 0 Å². The molecule has 1 amide bonds. The van der Waals surface area contributed by atoms with Gasteiger partial charge in [0.15, 0.2) is 5.76 Å². The lowest BCUT2D eigenvalue weighted by atomic mass is 10.1. The van der Waals surface area contributed by atoms with Gasteiger partial charge in [0.05, 0.1) is 12.8 Å². The number of hydrogen-bond donors (Lipinski definition) is 1. The third kappa shape index (κ3) is 4.61. The van der Waals surface area contributed by atoms with Crippen LogP contribution < -0.4 is 10.3 Å². The van der Waals surface area contributed by atoms with Gasteiger partial charge in [0.1, 0.15) is 5.76 Å². The fourth-order valence-corrected chi connectivity index (χ4v) is 3.85. The summed E-state index contributed by atoms with van der Waals surface area (Å²) in [5, 5.41) is 0. The van der Waals surface area contributed by atoms with Crippen LogP contribution in [-0.2, 0) is 16.6 Å². The van der Waals surface area contributed by atoms with Crippen molar-refractivity contribution in [3.05, 3.63) is 58.4 Å². The maximum absolute atomic E-state index is 12.6. The Labute approximate surface area is 151 Å². The standard InChI is InChI=1S/C17H21N3O5S/c1-26(23,24)18-13-5-4-10-20(11-13)17(22)15-8-7-14(25-15)12-19-9-3-2-6-16(19)21/h2-3,6-9,13,18H,4-5,10-12H2,1H3. The highest BCUT2D eigenvalue weighted by Crippen LogP contribution is 2.17. The summed E-state index contributed by atoms with van der Waals surface area (Å²) in [6, 6.07) is 7.83. The highest BCUT2D eigenvalue weighted by atomic mass is 32.2. The molecule has 2 aromatic heterocycles. The lowest BCUT2D eigenvalue weighted by Gasteiger charge is -2.32. The van der Waals surface area contributed by atoms with Crippen LogP contribution in [-0.4, -0.2) is 49.2 Å². The van der Waals surface area contributed by atoms with E-state index in [-0.39, 0.29) is 29.8 Å². The maximum Gasteiger partial charge on any atom is 0.289 e. The second-order valence-electron chi connectivity index (χ2n) is 6.41. The molecule has 3 heterocycles. The van der Waals surface area contributed by atoms with E-state index in [9.17, 15) is 18.0 Å². The number of likely N-dealkylation sites (tertiary alicyclic amines) is 1. The van der Waals surface area contributed by atoms with Gasteiger partial charge >= 0.3 is 0 Å². The lowest BCUT2D eigenvalue weighted by molar-refractivity contribution is 0.0669. The smallest absolute Gasteiger partial charge is 0.289 e. The highest BCUT2D eigenvalue weighted by molar-refractivity contribution is 7.88. The zero-order valence-corrected chi connectivity index (χ0v) is 15.2. The van der Waals surface area contributed by atoms with Gasteiger partial charge in [-0.1, -0.05) is 6.07 Å². The Bertz CT molecular complexity index is 947. The van der Waals surface area contributed by atoms with E-state index in [1.807, 2.05) is 0 Å². The van der Waals surface area contributed by atoms with Crippen molar-refractivity contribution in [3.63, 3.8) is 0 Å². The van der Waals surface area contributed by atoms with Crippen molar-refractivity contribution in [2.45, 2.75) is 25.4 Å². The normalized spacial score (nSPS) is 18.0. The molecule has 1 saturated heterocycles. The first-order valence-electron chi connectivity index (χ1n) is 8.32. The summed E-state index contributed by atoms with van der Waals surface area (Å²) in [5.41, 5.74) is -0.150. The highest BCUT2D eigenvalue weighted by Gasteiger charge is 2.27. The number of aromatic nitrogens is 1. The number of piperidine rings is 1. The Hall–Kier alpha value is -2.39. The summed E-state index contributed by atoms with van der Waals surface area (Å²) < 4.78 is 32.4. The van der Waals surface area contributed by atoms with Crippen LogP contribution in [0, 0.1) is 0 Å². The molecule has 1 atom stereocenters. The van der Waals surface area contributed by atoms with Gasteiger partial charge in [0, 0.05) is 31.4 Å². The van der Waals surface area contributed by atoms with Crippen LogP contribution in [0.2, 0.25) is 0 Å². The van der Waals surface area contributed by atoms with Gasteiger partial charge in [-0.05, 0) is 31.0 Å². The number of nitrogens with one attached hydrogen (secondary N) is 1. The average Bonchev–Trinajstić information content (AvgIpc) is 3.03. The van der Waals surface area contributed by atoms with E-state index in [0.29, 0.717) is 31.7 Å². The molecular formula is C17H21N3O5S. The van der Waals surface area contributed by atoms with Crippen LogP contribution in [0.15, 0.2) is 45.7 Å². The minimum atomic E-state index is -3.32. The molecule has 1 N–H and O–H groups in total. The number of furan rings is 1. The van der Waals surface area contributed by atoms with Crippen LogP contribution in [0.5, 0.6) is 0 Å². The molecule has 140 valence electrons. The van der Waals surface area contributed by atoms with Crippen LogP contribution in [0.1, 0.15) is 29.2 Å². The molecule has 9 heteroatoms. The summed E-state index contributed by atoms with van der Waals surface area (Å²) in [6.07, 6.45) is 4.17. The van der Waals surface area contributed by atoms with Crippen molar-refractivity contribution in [1.29, 1.82) is 0 Å². The largest absolute Gasteiger partial charge is 0.454 e. The van der Waals surface area contributed by atoms with E-state index in [0.717, 1.165) is 6.26 Å². The molecule has 3 rings (SSSR count). The first kappa shape index (κ1) is 18.4. The molecule has 0 radical (unpaired) electrons. The first-order chi connectivity index (χ1) is 12.3. The third-order valence-corrected chi connectivity index (χ3v) is 4.95. The second kappa shape index (κ2) is 7.46. The molecule has 0 spiro atoms. The molecule has 0 bridgehead atoms. The summed E-state index contributed by atoms with van der Waals surface area (Å²) in [7, 11) is -3.32. The molecule has 1 aliphatic rings. The van der Waals surface area contributed by atoms with Gasteiger partial charge in [0.2, 0.25) is 10.0 Å². The van der Waals surface area contributed by atoms with Gasteiger partial charge < -0.3 is 13.9 Å². The Kier molecular flexibility index (Phi) is 5.28. The van der Waals surface area contributed by atoms with Crippen LogP contribution in [0.25, 0.3) is 0 Å². The quantitative estimate of drug-likeness (QED) is 0.822. The van der Waals surface area contributed by atoms with Gasteiger partial charge in [-0.15, -0.1) is 0 Å². The predicted octanol–water partition coefficient (Wildman–Crippen LogP) is 0.643. The Morgan fingerprint density at radius 3 is 2.85 bits per heavy atom. The summed E-state index contributed by atoms with van der Waals surface area (Å²) in [6.45, 7) is 1.10. The molecule has 1 unspecified atom stereocenters. The number of carbonyl (C=O) groups is 1. The number of sulfonamides is 1. The molecule has 2 aromatic rings.